The molecule has 2 heterocycles. The summed E-state index contributed by atoms with van der Waals surface area (Å²) in [6.45, 7) is 7.69. The summed E-state index contributed by atoms with van der Waals surface area (Å²) in [7, 11) is 3.21. The van der Waals surface area contributed by atoms with Crippen LogP contribution in [0.2, 0.25) is 0 Å². The van der Waals surface area contributed by atoms with Crippen LogP contribution >= 0.6 is 0 Å². The number of amides is 3. The number of piperidine rings is 1. The first-order valence-corrected chi connectivity index (χ1v) is 11.5. The number of imide groups is 1. The lowest BCUT2D eigenvalue weighted by atomic mass is 9.74. The lowest BCUT2D eigenvalue weighted by Gasteiger charge is -2.41. The Kier molecular flexibility index (Phi) is 8.32. The average Bonchev–Trinajstić information content (AvgIpc) is 3.02. The van der Waals surface area contributed by atoms with Gasteiger partial charge in [0, 0.05) is 20.1 Å². The number of carbonyl (C=O) groups is 2. The first kappa shape index (κ1) is 24.3. The van der Waals surface area contributed by atoms with Gasteiger partial charge in [-0.25, -0.2) is 4.79 Å². The van der Waals surface area contributed by atoms with Crippen LogP contribution in [0.5, 0.6) is 5.75 Å². The van der Waals surface area contributed by atoms with Gasteiger partial charge in [0.05, 0.1) is 20.3 Å². The van der Waals surface area contributed by atoms with E-state index >= 15 is 0 Å². The molecule has 7 nitrogen and oxygen atoms in total. The van der Waals surface area contributed by atoms with E-state index in [1.165, 1.54) is 4.90 Å². The molecule has 2 aliphatic heterocycles. The Balaban J connectivity index is 1.80. The minimum Gasteiger partial charge on any atom is -0.497 e. The van der Waals surface area contributed by atoms with Crippen molar-refractivity contribution in [2.75, 3.05) is 47.0 Å². The van der Waals surface area contributed by atoms with Gasteiger partial charge in [-0.15, -0.1) is 0 Å². The lowest BCUT2D eigenvalue weighted by Crippen LogP contribution is -2.57. The smallest absolute Gasteiger partial charge is 0.325 e. The van der Waals surface area contributed by atoms with Crippen LogP contribution in [0.15, 0.2) is 36.4 Å². The Morgan fingerprint density at radius 3 is 2.62 bits per heavy atom. The molecule has 1 atom stereocenters. The number of carbonyl (C=O) groups excluding carboxylic acids is 2. The van der Waals surface area contributed by atoms with Gasteiger partial charge in [-0.3, -0.25) is 14.6 Å². The summed E-state index contributed by atoms with van der Waals surface area (Å²) in [5, 5.41) is 3.11. The number of benzene rings is 1. The summed E-state index contributed by atoms with van der Waals surface area (Å²) in [5.74, 6) is 1.23. The maximum absolute atomic E-state index is 13.7. The molecule has 32 heavy (non-hydrogen) atoms. The van der Waals surface area contributed by atoms with Crippen LogP contribution in [0, 0.1) is 11.8 Å². The van der Waals surface area contributed by atoms with E-state index in [0.717, 1.165) is 43.8 Å². The third-order valence-electron chi connectivity index (χ3n) is 6.51. The zero-order valence-electron chi connectivity index (χ0n) is 19.8. The maximum Gasteiger partial charge on any atom is 0.325 e. The number of ether oxygens (including phenoxy) is 2. The molecular formula is C25H37N3O4. The Hall–Kier alpha value is -2.38. The van der Waals surface area contributed by atoms with Crippen molar-refractivity contribution in [1.82, 2.24) is 15.1 Å². The minimum atomic E-state index is -0.933. The van der Waals surface area contributed by atoms with Crippen molar-refractivity contribution >= 4 is 11.9 Å². The first-order chi connectivity index (χ1) is 15.4. The molecule has 176 valence electrons. The van der Waals surface area contributed by atoms with Crippen LogP contribution in [0.4, 0.5) is 4.79 Å². The van der Waals surface area contributed by atoms with Gasteiger partial charge in [0.1, 0.15) is 11.3 Å². The Bertz CT molecular complexity index is 817. The van der Waals surface area contributed by atoms with Crippen LogP contribution in [0.25, 0.3) is 0 Å². The van der Waals surface area contributed by atoms with Gasteiger partial charge in [-0.05, 0) is 55.5 Å². The van der Waals surface area contributed by atoms with Crippen molar-refractivity contribution < 1.29 is 19.1 Å². The normalized spacial score (nSPS) is 22.8. The summed E-state index contributed by atoms with van der Waals surface area (Å²) < 4.78 is 10.5. The molecule has 2 fully saturated rings. The fourth-order valence-electron chi connectivity index (χ4n) is 4.77. The molecule has 2 saturated heterocycles. The predicted octanol–water partition coefficient (Wildman–Crippen LogP) is 3.10. The SMILES string of the molecule is COCCN1C(=O)N[C@](Cc2cccc(OC)c2)(C2CCN(C/C=C/C(C)C)CC2)C1=O. The van der Waals surface area contributed by atoms with E-state index in [4.69, 9.17) is 9.47 Å². The van der Waals surface area contributed by atoms with Crippen molar-refractivity contribution in [2.45, 2.75) is 38.6 Å². The fraction of sp³-hybridized carbons (Fsp3) is 0.600. The quantitative estimate of drug-likeness (QED) is 0.444. The number of nitrogens with one attached hydrogen (secondary N) is 1. The van der Waals surface area contributed by atoms with Crippen molar-refractivity contribution in [3.63, 3.8) is 0 Å². The van der Waals surface area contributed by atoms with Gasteiger partial charge in [0.2, 0.25) is 0 Å². The summed E-state index contributed by atoms with van der Waals surface area (Å²) in [6, 6.07) is 7.43. The van der Waals surface area contributed by atoms with E-state index in [9.17, 15) is 9.59 Å². The number of likely N-dealkylation sites (tertiary alicyclic amines) is 1. The van der Waals surface area contributed by atoms with E-state index in [0.29, 0.717) is 18.9 Å². The van der Waals surface area contributed by atoms with Gasteiger partial charge in [0.15, 0.2) is 0 Å². The third-order valence-corrected chi connectivity index (χ3v) is 6.51. The first-order valence-electron chi connectivity index (χ1n) is 11.5. The number of hydrogen-bond acceptors (Lipinski definition) is 5. The molecular weight excluding hydrogens is 406 g/mol. The van der Waals surface area contributed by atoms with Gasteiger partial charge in [-0.1, -0.05) is 38.1 Å². The number of hydrogen-bond donors (Lipinski definition) is 1. The molecule has 2 aliphatic rings. The molecule has 1 aromatic rings. The summed E-state index contributed by atoms with van der Waals surface area (Å²) in [4.78, 5) is 30.2. The van der Waals surface area contributed by atoms with Gasteiger partial charge in [-0.2, -0.15) is 0 Å². The van der Waals surface area contributed by atoms with E-state index < -0.39 is 5.54 Å². The molecule has 0 spiro atoms. The summed E-state index contributed by atoms with van der Waals surface area (Å²) >= 11 is 0. The molecule has 1 aromatic carbocycles. The van der Waals surface area contributed by atoms with E-state index in [1.54, 1.807) is 14.2 Å². The monoisotopic (exact) mass is 443 g/mol. The fourth-order valence-corrected chi connectivity index (χ4v) is 4.77. The van der Waals surface area contributed by atoms with Gasteiger partial charge >= 0.3 is 6.03 Å². The standard InChI is InChI=1S/C25H37N3O4/c1-19(2)7-6-12-27-13-10-21(11-14-27)25(18-20-8-5-9-22(17-20)32-4)23(29)28(15-16-31-3)24(30)26-25/h5-9,17,19,21H,10-16,18H2,1-4H3,(H,26,30)/b7-6+/t25-/m1/s1. The lowest BCUT2D eigenvalue weighted by molar-refractivity contribution is -0.134. The van der Waals surface area contributed by atoms with Crippen molar-refractivity contribution in [3.8, 4) is 5.75 Å². The molecule has 3 rings (SSSR count). The Morgan fingerprint density at radius 1 is 1.22 bits per heavy atom. The molecule has 0 aliphatic carbocycles. The number of rotatable bonds is 10. The molecule has 0 radical (unpaired) electrons. The highest BCUT2D eigenvalue weighted by atomic mass is 16.5. The molecule has 0 saturated carbocycles. The number of methoxy groups -OCH3 is 2. The maximum atomic E-state index is 13.7. The molecule has 3 amide bonds. The average molecular weight is 444 g/mol. The molecule has 0 bridgehead atoms. The van der Waals surface area contributed by atoms with Crippen molar-refractivity contribution in [3.05, 3.63) is 42.0 Å². The Labute approximate surface area is 191 Å². The predicted molar refractivity (Wildman–Crippen MR) is 125 cm³/mol. The van der Waals surface area contributed by atoms with E-state index in [2.05, 4.69) is 36.2 Å². The third kappa shape index (κ3) is 5.51. The zero-order chi connectivity index (χ0) is 23.1. The molecule has 7 heteroatoms. The highest BCUT2D eigenvalue weighted by molar-refractivity contribution is 6.07. The van der Waals surface area contributed by atoms with Crippen LogP contribution in [-0.4, -0.2) is 74.3 Å². The highest BCUT2D eigenvalue weighted by Crippen LogP contribution is 2.37. The second-order valence-corrected chi connectivity index (χ2v) is 9.13. The summed E-state index contributed by atoms with van der Waals surface area (Å²) in [5.41, 5.74) is 0.0470. The zero-order valence-corrected chi connectivity index (χ0v) is 19.8. The minimum absolute atomic E-state index is 0.0722. The van der Waals surface area contributed by atoms with Crippen molar-refractivity contribution in [2.24, 2.45) is 11.8 Å². The molecule has 0 unspecified atom stereocenters. The van der Waals surface area contributed by atoms with Crippen LogP contribution < -0.4 is 10.1 Å². The van der Waals surface area contributed by atoms with Crippen molar-refractivity contribution in [1.29, 1.82) is 0 Å². The van der Waals surface area contributed by atoms with Crippen LogP contribution in [-0.2, 0) is 16.0 Å². The molecule has 0 aromatic heterocycles. The van der Waals surface area contributed by atoms with E-state index in [1.807, 2.05) is 24.3 Å². The Morgan fingerprint density at radius 2 is 1.97 bits per heavy atom. The summed E-state index contributed by atoms with van der Waals surface area (Å²) in [6.07, 6.45) is 6.64. The van der Waals surface area contributed by atoms with Crippen LogP contribution in [0.3, 0.4) is 0 Å². The van der Waals surface area contributed by atoms with Gasteiger partial charge in [0.25, 0.3) is 5.91 Å². The van der Waals surface area contributed by atoms with Gasteiger partial charge < -0.3 is 14.8 Å². The van der Waals surface area contributed by atoms with Crippen LogP contribution in [0.1, 0.15) is 32.3 Å². The topological polar surface area (TPSA) is 71.1 Å². The number of allylic oxidation sites excluding steroid dienone is 1. The molecule has 1 N–H and O–H groups in total. The second-order valence-electron chi connectivity index (χ2n) is 9.13. The largest absolute Gasteiger partial charge is 0.497 e. The number of urea groups is 1. The number of nitrogens with zero attached hydrogens (tertiary/aromatic N) is 2. The second kappa shape index (κ2) is 11.0. The highest BCUT2D eigenvalue weighted by Gasteiger charge is 2.55. The van der Waals surface area contributed by atoms with E-state index in [-0.39, 0.29) is 24.4 Å².